The Bertz CT molecular complexity index is 652. The summed E-state index contributed by atoms with van der Waals surface area (Å²) in [5, 5.41) is 10.5. The Morgan fingerprint density at radius 2 is 2.08 bits per heavy atom. The van der Waals surface area contributed by atoms with Gasteiger partial charge in [-0.25, -0.2) is 0 Å². The van der Waals surface area contributed by atoms with Gasteiger partial charge in [-0.3, -0.25) is 0 Å². The highest BCUT2D eigenvalue weighted by molar-refractivity contribution is 6.48. The first-order chi connectivity index (χ1) is 11.8. The molecule has 6 atom stereocenters. The summed E-state index contributed by atoms with van der Waals surface area (Å²) in [6.07, 6.45) is 2.46. The van der Waals surface area contributed by atoms with Gasteiger partial charge in [0.15, 0.2) is 0 Å². The molecule has 3 aliphatic carbocycles. The molecule has 1 unspecified atom stereocenters. The molecule has 5 rings (SSSR count). The Labute approximate surface area is 156 Å². The van der Waals surface area contributed by atoms with E-state index < -0.39 is 5.60 Å². The number of aliphatic hydroxyl groups is 1. The van der Waals surface area contributed by atoms with Crippen molar-refractivity contribution in [3.8, 4) is 5.75 Å². The first-order valence-corrected chi connectivity index (χ1v) is 9.94. The summed E-state index contributed by atoms with van der Waals surface area (Å²) in [7, 11) is 0.477. The van der Waals surface area contributed by atoms with Crippen molar-refractivity contribution in [2.24, 2.45) is 17.3 Å². The Kier molecular flexibility index (Phi) is 4.37. The SMILES string of the molecule is CC1(C)[C@@H]2C[C@@H](O)[C@@](C)(OB[C@H](Cl)CC3COc4ccccc43)[C@H]1C2. The third-order valence-corrected chi connectivity index (χ3v) is 7.55. The molecule has 0 amide bonds. The minimum Gasteiger partial charge on any atom is -0.493 e. The van der Waals surface area contributed by atoms with Crippen LogP contribution in [0.15, 0.2) is 24.3 Å². The average molecular weight is 363 g/mol. The van der Waals surface area contributed by atoms with Gasteiger partial charge in [0.2, 0.25) is 0 Å². The Morgan fingerprint density at radius 3 is 2.84 bits per heavy atom. The number of alkyl halides is 1. The lowest BCUT2D eigenvalue weighted by Crippen LogP contribution is -2.67. The summed E-state index contributed by atoms with van der Waals surface area (Å²) in [5.74, 6) is 2.35. The summed E-state index contributed by atoms with van der Waals surface area (Å²) < 4.78 is 12.1. The topological polar surface area (TPSA) is 38.7 Å². The normalized spacial score (nSPS) is 39.1. The molecule has 25 heavy (non-hydrogen) atoms. The van der Waals surface area contributed by atoms with E-state index in [4.69, 9.17) is 21.0 Å². The molecule has 3 fully saturated rings. The van der Waals surface area contributed by atoms with E-state index in [2.05, 4.69) is 32.9 Å². The summed E-state index contributed by atoms with van der Waals surface area (Å²) in [4.78, 5) is 0. The predicted octanol–water partition coefficient (Wildman–Crippen LogP) is 3.67. The highest BCUT2D eigenvalue weighted by Crippen LogP contribution is 2.63. The van der Waals surface area contributed by atoms with Crippen molar-refractivity contribution in [3.05, 3.63) is 29.8 Å². The van der Waals surface area contributed by atoms with Gasteiger partial charge >= 0.3 is 0 Å². The van der Waals surface area contributed by atoms with Gasteiger partial charge < -0.3 is 14.5 Å². The number of fused-ring (bicyclic) bond motifs is 3. The van der Waals surface area contributed by atoms with Gasteiger partial charge in [-0.15, -0.1) is 11.6 Å². The Balaban J connectivity index is 1.37. The largest absolute Gasteiger partial charge is 0.493 e. The van der Waals surface area contributed by atoms with Gasteiger partial charge in [0.05, 0.1) is 18.3 Å². The molecular formula is C20H28BClO3. The number of halogens is 1. The number of aliphatic hydroxyl groups excluding tert-OH is 1. The molecule has 136 valence electrons. The quantitative estimate of drug-likeness (QED) is 0.641. The van der Waals surface area contributed by atoms with E-state index in [-0.39, 0.29) is 16.8 Å². The highest BCUT2D eigenvalue weighted by atomic mass is 35.5. The molecule has 2 bridgehead atoms. The van der Waals surface area contributed by atoms with E-state index in [0.717, 1.165) is 25.0 Å². The maximum Gasteiger partial charge on any atom is 0.294 e. The lowest BCUT2D eigenvalue weighted by Gasteiger charge is -2.66. The first-order valence-electron chi connectivity index (χ1n) is 9.50. The van der Waals surface area contributed by atoms with Crippen LogP contribution in [0.1, 0.15) is 51.5 Å². The molecule has 0 aromatic heterocycles. The fraction of sp³-hybridized carbons (Fsp3) is 0.700. The van der Waals surface area contributed by atoms with Gasteiger partial charge in [0.1, 0.15) is 5.75 Å². The molecule has 0 saturated heterocycles. The molecule has 3 saturated carbocycles. The molecule has 1 N–H and O–H groups in total. The number of rotatable bonds is 5. The van der Waals surface area contributed by atoms with Crippen LogP contribution < -0.4 is 4.74 Å². The number of para-hydroxylation sites is 1. The lowest BCUT2D eigenvalue weighted by molar-refractivity contribution is -0.234. The van der Waals surface area contributed by atoms with Gasteiger partial charge in [-0.05, 0) is 49.5 Å². The fourth-order valence-electron chi connectivity index (χ4n) is 5.39. The smallest absolute Gasteiger partial charge is 0.294 e. The van der Waals surface area contributed by atoms with Crippen LogP contribution in [0.5, 0.6) is 5.75 Å². The van der Waals surface area contributed by atoms with E-state index in [1.54, 1.807) is 0 Å². The second-order valence-electron chi connectivity index (χ2n) is 8.93. The molecule has 5 heteroatoms. The van der Waals surface area contributed by atoms with Crippen molar-refractivity contribution < 1.29 is 14.5 Å². The van der Waals surface area contributed by atoms with Crippen molar-refractivity contribution >= 4 is 19.1 Å². The number of hydrogen-bond donors (Lipinski definition) is 1. The lowest BCUT2D eigenvalue weighted by atomic mass is 9.43. The molecule has 3 nitrogen and oxygen atoms in total. The summed E-state index contributed by atoms with van der Waals surface area (Å²) in [5.41, 5.74) is 1.03. The highest BCUT2D eigenvalue weighted by Gasteiger charge is 2.63. The zero-order valence-corrected chi connectivity index (χ0v) is 16.1. The third kappa shape index (κ3) is 2.81. The third-order valence-electron chi connectivity index (χ3n) is 7.25. The van der Waals surface area contributed by atoms with E-state index in [0.29, 0.717) is 31.8 Å². The van der Waals surface area contributed by atoms with Crippen molar-refractivity contribution in [1.29, 1.82) is 0 Å². The van der Waals surface area contributed by atoms with Crippen LogP contribution in [-0.4, -0.2) is 36.2 Å². The van der Waals surface area contributed by atoms with Crippen LogP contribution in [-0.2, 0) is 4.65 Å². The standard InChI is InChI=1S/C20H28BClO3/c1-19(2)13-9-16(19)20(3,17(23)10-13)25-21-18(22)8-12-11-24-15-7-5-4-6-14(12)15/h4-7,12-13,16-18,21,23H,8-11H2,1-3H3/t12?,13-,16-,17+,18+,20-/m0/s1. The molecule has 0 radical (unpaired) electrons. The first kappa shape index (κ1) is 17.7. The number of hydrogen-bond acceptors (Lipinski definition) is 3. The number of benzene rings is 1. The summed E-state index contributed by atoms with van der Waals surface area (Å²) in [6.45, 7) is 7.39. The van der Waals surface area contributed by atoms with Crippen molar-refractivity contribution in [2.75, 3.05) is 6.61 Å². The Hall–Kier alpha value is -0.705. The van der Waals surface area contributed by atoms with E-state index in [1.807, 2.05) is 12.1 Å². The maximum absolute atomic E-state index is 10.6. The summed E-state index contributed by atoms with van der Waals surface area (Å²) in [6, 6.07) is 8.19. The van der Waals surface area contributed by atoms with Crippen LogP contribution >= 0.6 is 11.6 Å². The van der Waals surface area contributed by atoms with Crippen LogP contribution in [0.25, 0.3) is 0 Å². The van der Waals surface area contributed by atoms with Gasteiger partial charge in [-0.2, -0.15) is 0 Å². The zero-order chi connectivity index (χ0) is 17.8. The second kappa shape index (κ2) is 6.18. The second-order valence-corrected chi connectivity index (χ2v) is 9.55. The van der Waals surface area contributed by atoms with Crippen molar-refractivity contribution in [1.82, 2.24) is 0 Å². The van der Waals surface area contributed by atoms with E-state index in [9.17, 15) is 5.11 Å². The molecule has 1 heterocycles. The minimum atomic E-state index is -0.477. The molecule has 1 aromatic rings. The van der Waals surface area contributed by atoms with Crippen LogP contribution in [0, 0.1) is 17.3 Å². The maximum atomic E-state index is 10.6. The van der Waals surface area contributed by atoms with Crippen molar-refractivity contribution in [2.45, 2.75) is 62.9 Å². The average Bonchev–Trinajstić information content (AvgIpc) is 2.98. The number of ether oxygens (including phenoxy) is 1. The van der Waals surface area contributed by atoms with E-state index >= 15 is 0 Å². The van der Waals surface area contributed by atoms with Crippen LogP contribution in [0.2, 0.25) is 0 Å². The molecule has 1 aliphatic heterocycles. The predicted molar refractivity (Wildman–Crippen MR) is 102 cm³/mol. The minimum absolute atomic E-state index is 0.0790. The van der Waals surface area contributed by atoms with Crippen LogP contribution in [0.3, 0.4) is 0 Å². The van der Waals surface area contributed by atoms with Crippen molar-refractivity contribution in [3.63, 3.8) is 0 Å². The van der Waals surface area contributed by atoms with Gasteiger partial charge in [-0.1, -0.05) is 32.0 Å². The van der Waals surface area contributed by atoms with Gasteiger partial charge in [0.25, 0.3) is 7.48 Å². The molecular weight excluding hydrogens is 334 g/mol. The fourth-order valence-corrected chi connectivity index (χ4v) is 5.67. The zero-order valence-electron chi connectivity index (χ0n) is 15.4. The molecule has 0 spiro atoms. The Morgan fingerprint density at radius 1 is 1.32 bits per heavy atom. The monoisotopic (exact) mass is 362 g/mol. The molecule has 1 aromatic carbocycles. The summed E-state index contributed by atoms with van der Waals surface area (Å²) >= 11 is 6.63. The van der Waals surface area contributed by atoms with E-state index in [1.165, 1.54) is 5.56 Å². The van der Waals surface area contributed by atoms with Gasteiger partial charge in [0, 0.05) is 16.8 Å². The van der Waals surface area contributed by atoms with Crippen LogP contribution in [0.4, 0.5) is 0 Å². The molecule has 4 aliphatic rings.